The van der Waals surface area contributed by atoms with Gasteiger partial charge in [0.2, 0.25) is 0 Å². The molecule has 0 amide bonds. The minimum absolute atomic E-state index is 0.0703. The molecule has 0 spiro atoms. The van der Waals surface area contributed by atoms with E-state index >= 15 is 0 Å². The third kappa shape index (κ3) is 2.57. The molecule has 1 aliphatic rings. The van der Waals surface area contributed by atoms with Gasteiger partial charge in [-0.3, -0.25) is 0 Å². The fraction of sp³-hybridized carbons (Fsp3) is 0.538. The first kappa shape index (κ1) is 10.6. The predicted molar refractivity (Wildman–Crippen MR) is 60.4 cm³/mol. The highest BCUT2D eigenvalue weighted by molar-refractivity contribution is 5.17. The third-order valence-electron chi connectivity index (χ3n) is 3.36. The topological polar surface area (TPSA) is 12.0 Å². The van der Waals surface area contributed by atoms with Crippen molar-refractivity contribution in [1.29, 1.82) is 0 Å². The van der Waals surface area contributed by atoms with Crippen LogP contribution in [0, 0.1) is 5.82 Å². The van der Waals surface area contributed by atoms with Gasteiger partial charge in [0, 0.05) is 5.54 Å². The van der Waals surface area contributed by atoms with Gasteiger partial charge >= 0.3 is 0 Å². The Hall–Kier alpha value is -0.890. The number of aryl methyl sites for hydroxylation is 1. The lowest BCUT2D eigenvalue weighted by Crippen LogP contribution is -2.36. The molecule has 1 aromatic rings. The molecule has 0 saturated carbocycles. The summed E-state index contributed by atoms with van der Waals surface area (Å²) in [6, 6.07) is 7.07. The molecular weight excluding hydrogens is 189 g/mol. The minimum atomic E-state index is -0.0703. The van der Waals surface area contributed by atoms with E-state index in [1.807, 2.05) is 12.1 Å². The van der Waals surface area contributed by atoms with Gasteiger partial charge < -0.3 is 5.32 Å². The Labute approximate surface area is 90.7 Å². The van der Waals surface area contributed by atoms with Crippen LogP contribution in [-0.4, -0.2) is 12.1 Å². The smallest absolute Gasteiger partial charge is 0.126 e. The van der Waals surface area contributed by atoms with Crippen molar-refractivity contribution in [2.24, 2.45) is 0 Å². The van der Waals surface area contributed by atoms with Crippen LogP contribution < -0.4 is 5.32 Å². The van der Waals surface area contributed by atoms with Gasteiger partial charge in [0.05, 0.1) is 0 Å². The first-order valence-electron chi connectivity index (χ1n) is 5.68. The van der Waals surface area contributed by atoms with E-state index in [0.29, 0.717) is 0 Å². The molecule has 0 aliphatic carbocycles. The van der Waals surface area contributed by atoms with Crippen LogP contribution in [0.15, 0.2) is 24.3 Å². The number of rotatable bonds is 3. The van der Waals surface area contributed by atoms with Crippen molar-refractivity contribution in [3.8, 4) is 0 Å². The highest BCUT2D eigenvalue weighted by Gasteiger charge is 2.27. The second-order valence-corrected chi connectivity index (χ2v) is 4.68. The zero-order valence-corrected chi connectivity index (χ0v) is 9.22. The summed E-state index contributed by atoms with van der Waals surface area (Å²) in [5.74, 6) is -0.0703. The molecule has 1 aromatic carbocycles. The van der Waals surface area contributed by atoms with Crippen molar-refractivity contribution in [2.45, 2.75) is 38.1 Å². The van der Waals surface area contributed by atoms with Gasteiger partial charge in [0.1, 0.15) is 5.82 Å². The van der Waals surface area contributed by atoms with Crippen molar-refractivity contribution < 1.29 is 4.39 Å². The lowest BCUT2D eigenvalue weighted by atomic mass is 9.92. The fourth-order valence-electron chi connectivity index (χ4n) is 2.28. The van der Waals surface area contributed by atoms with E-state index < -0.39 is 0 Å². The van der Waals surface area contributed by atoms with Crippen LogP contribution in [0.1, 0.15) is 31.7 Å². The van der Waals surface area contributed by atoms with Gasteiger partial charge in [-0.15, -0.1) is 0 Å². The van der Waals surface area contributed by atoms with Crippen molar-refractivity contribution >= 4 is 0 Å². The molecule has 1 nitrogen and oxygen atoms in total. The number of benzene rings is 1. The van der Waals surface area contributed by atoms with Crippen LogP contribution >= 0.6 is 0 Å². The van der Waals surface area contributed by atoms with Gasteiger partial charge in [-0.25, -0.2) is 4.39 Å². The van der Waals surface area contributed by atoms with Crippen LogP contribution in [0.25, 0.3) is 0 Å². The molecule has 1 unspecified atom stereocenters. The highest BCUT2D eigenvalue weighted by atomic mass is 19.1. The summed E-state index contributed by atoms with van der Waals surface area (Å²) < 4.78 is 13.4. The molecule has 1 heterocycles. The van der Waals surface area contributed by atoms with E-state index in [1.54, 1.807) is 12.1 Å². The lowest BCUT2D eigenvalue weighted by Gasteiger charge is -2.24. The van der Waals surface area contributed by atoms with E-state index in [-0.39, 0.29) is 11.4 Å². The van der Waals surface area contributed by atoms with Crippen molar-refractivity contribution in [2.75, 3.05) is 6.54 Å². The summed E-state index contributed by atoms with van der Waals surface area (Å²) in [7, 11) is 0. The second kappa shape index (κ2) is 4.31. The molecule has 2 heteroatoms. The van der Waals surface area contributed by atoms with Gasteiger partial charge in [0.15, 0.2) is 0 Å². The molecular formula is C13H18FN. The molecule has 82 valence electrons. The fourth-order valence-corrected chi connectivity index (χ4v) is 2.28. The quantitative estimate of drug-likeness (QED) is 0.803. The minimum Gasteiger partial charge on any atom is -0.312 e. The van der Waals surface area contributed by atoms with Gasteiger partial charge in [-0.1, -0.05) is 18.2 Å². The van der Waals surface area contributed by atoms with Crippen LogP contribution in [0.3, 0.4) is 0 Å². The van der Waals surface area contributed by atoms with E-state index in [4.69, 9.17) is 0 Å². The molecule has 1 N–H and O–H groups in total. The standard InChI is InChI=1S/C13H18FN/c1-13(8-4-10-15-13)9-7-11-5-2-3-6-12(11)14/h2-3,5-6,15H,4,7-10H2,1H3. The zero-order valence-electron chi connectivity index (χ0n) is 9.22. The van der Waals surface area contributed by atoms with Crippen LogP contribution in [-0.2, 0) is 6.42 Å². The molecule has 15 heavy (non-hydrogen) atoms. The van der Waals surface area contributed by atoms with Crippen LogP contribution in [0.5, 0.6) is 0 Å². The summed E-state index contributed by atoms with van der Waals surface area (Å²) >= 11 is 0. The molecule has 0 aromatic heterocycles. The Morgan fingerprint density at radius 2 is 2.20 bits per heavy atom. The van der Waals surface area contributed by atoms with Crippen LogP contribution in [0.2, 0.25) is 0 Å². The number of halogens is 1. The number of nitrogens with one attached hydrogen (secondary N) is 1. The average molecular weight is 207 g/mol. The summed E-state index contributed by atoms with van der Waals surface area (Å²) in [6.07, 6.45) is 4.30. The monoisotopic (exact) mass is 207 g/mol. The molecule has 0 bridgehead atoms. The van der Waals surface area contributed by atoms with Crippen molar-refractivity contribution in [1.82, 2.24) is 5.32 Å². The number of hydrogen-bond donors (Lipinski definition) is 1. The highest BCUT2D eigenvalue weighted by Crippen LogP contribution is 2.24. The Kier molecular flexibility index (Phi) is 3.06. The summed E-state index contributed by atoms with van der Waals surface area (Å²) in [4.78, 5) is 0. The van der Waals surface area contributed by atoms with Gasteiger partial charge in [0.25, 0.3) is 0 Å². The zero-order chi connectivity index (χ0) is 10.7. The molecule has 1 saturated heterocycles. The average Bonchev–Trinajstić information content (AvgIpc) is 2.65. The summed E-state index contributed by atoms with van der Waals surface area (Å²) in [5.41, 5.74) is 1.06. The molecule has 1 fully saturated rings. The van der Waals surface area contributed by atoms with Gasteiger partial charge in [-0.2, -0.15) is 0 Å². The van der Waals surface area contributed by atoms with Gasteiger partial charge in [-0.05, 0) is 50.8 Å². The predicted octanol–water partition coefficient (Wildman–Crippen LogP) is 2.90. The Morgan fingerprint density at radius 3 is 2.87 bits per heavy atom. The summed E-state index contributed by atoms with van der Waals surface area (Å²) in [6.45, 7) is 3.34. The maximum Gasteiger partial charge on any atom is 0.126 e. The molecule has 1 atom stereocenters. The number of hydrogen-bond acceptors (Lipinski definition) is 1. The molecule has 0 radical (unpaired) electrons. The second-order valence-electron chi connectivity index (χ2n) is 4.68. The van der Waals surface area contributed by atoms with E-state index in [2.05, 4.69) is 12.2 Å². The normalized spacial score (nSPS) is 25.7. The van der Waals surface area contributed by atoms with E-state index in [9.17, 15) is 4.39 Å². The Balaban J connectivity index is 1.95. The van der Waals surface area contributed by atoms with E-state index in [1.165, 1.54) is 12.8 Å². The maximum atomic E-state index is 13.4. The first-order chi connectivity index (χ1) is 7.20. The largest absolute Gasteiger partial charge is 0.312 e. The first-order valence-corrected chi connectivity index (χ1v) is 5.68. The van der Waals surface area contributed by atoms with Crippen molar-refractivity contribution in [3.63, 3.8) is 0 Å². The SMILES string of the molecule is CC1(CCc2ccccc2F)CCCN1. The third-order valence-corrected chi connectivity index (χ3v) is 3.36. The maximum absolute atomic E-state index is 13.4. The Morgan fingerprint density at radius 1 is 1.40 bits per heavy atom. The van der Waals surface area contributed by atoms with E-state index in [0.717, 1.165) is 24.9 Å². The van der Waals surface area contributed by atoms with Crippen molar-refractivity contribution in [3.05, 3.63) is 35.6 Å². The van der Waals surface area contributed by atoms with Crippen LogP contribution in [0.4, 0.5) is 4.39 Å². The molecule has 1 aliphatic heterocycles. The Bertz CT molecular complexity index is 329. The summed E-state index contributed by atoms with van der Waals surface area (Å²) in [5, 5.41) is 3.50. The molecule has 2 rings (SSSR count). The lowest BCUT2D eigenvalue weighted by molar-refractivity contribution is 0.382.